The average Bonchev–Trinajstić information content (AvgIpc) is 2.63. The van der Waals surface area contributed by atoms with Crippen LogP contribution in [0.5, 0.6) is 5.75 Å². The molecule has 0 saturated carbocycles. The summed E-state index contributed by atoms with van der Waals surface area (Å²) in [4.78, 5) is 10.5. The van der Waals surface area contributed by atoms with E-state index in [4.69, 9.17) is 10.00 Å². The lowest BCUT2D eigenvalue weighted by atomic mass is 10.4. The lowest BCUT2D eigenvalue weighted by Gasteiger charge is -1.99. The summed E-state index contributed by atoms with van der Waals surface area (Å²) < 4.78 is 11.1. The number of hydrogen-bond donors (Lipinski definition) is 0. The molecule has 1 aromatic heterocycles. The van der Waals surface area contributed by atoms with Gasteiger partial charge in [0.25, 0.3) is 0 Å². The van der Waals surface area contributed by atoms with Crippen molar-refractivity contribution >= 4 is 49.5 Å². The van der Waals surface area contributed by atoms with Gasteiger partial charge in [-0.05, 0) is 38.8 Å². The smallest absolute Gasteiger partial charge is 0.164 e. The maximum absolute atomic E-state index is 10.1. The Hall–Kier alpha value is -0.420. The van der Waals surface area contributed by atoms with Gasteiger partial charge in [0.2, 0.25) is 0 Å². The van der Waals surface area contributed by atoms with Crippen molar-refractivity contribution in [2.45, 2.75) is 6.92 Å². The molecular weight excluding hydrogens is 374 g/mol. The van der Waals surface area contributed by atoms with Crippen LogP contribution in [0, 0.1) is 11.3 Å². The van der Waals surface area contributed by atoms with Gasteiger partial charge in [-0.15, -0.1) is 11.3 Å². The Labute approximate surface area is 121 Å². The Bertz CT molecular complexity index is 399. The second-order valence-electron chi connectivity index (χ2n) is 2.51. The van der Waals surface area contributed by atoms with Gasteiger partial charge >= 0.3 is 0 Å². The quantitative estimate of drug-likeness (QED) is 0.746. The number of halogens is 2. The largest absolute Gasteiger partial charge is 0.483 e. The summed E-state index contributed by atoms with van der Waals surface area (Å²) in [7, 11) is 1.68. The predicted octanol–water partition coefficient (Wildman–Crippen LogP) is 3.38. The Morgan fingerprint density at radius 1 is 1.53 bits per heavy atom. The van der Waals surface area contributed by atoms with Crippen molar-refractivity contribution in [3.63, 3.8) is 0 Å². The zero-order chi connectivity index (χ0) is 13.3. The topological polar surface area (TPSA) is 59.3 Å². The van der Waals surface area contributed by atoms with E-state index in [-0.39, 0.29) is 6.61 Å². The SMILES string of the molecule is CCOC.N#Cc1sc(Br)c(Br)c1OCC=O. The third-order valence-electron chi connectivity index (χ3n) is 1.46. The number of carbonyl (C=O) groups is 1. The molecule has 0 fully saturated rings. The first-order chi connectivity index (χ1) is 8.12. The van der Waals surface area contributed by atoms with Crippen LogP contribution in [0.1, 0.15) is 11.8 Å². The zero-order valence-corrected chi connectivity index (χ0v) is 13.3. The van der Waals surface area contributed by atoms with E-state index in [1.165, 1.54) is 11.3 Å². The Kier molecular flexibility index (Phi) is 9.36. The average molecular weight is 385 g/mol. The third kappa shape index (κ3) is 5.64. The van der Waals surface area contributed by atoms with Crippen molar-refractivity contribution in [2.75, 3.05) is 20.3 Å². The molecule has 0 saturated heterocycles. The number of carbonyl (C=O) groups excluding carboxylic acids is 1. The van der Waals surface area contributed by atoms with Crippen LogP contribution in [-0.2, 0) is 9.53 Å². The van der Waals surface area contributed by atoms with E-state index in [1.54, 1.807) is 7.11 Å². The molecule has 0 aliphatic carbocycles. The minimum atomic E-state index is -0.0452. The molecule has 0 aliphatic rings. The number of aldehydes is 1. The fourth-order valence-corrected chi connectivity index (χ4v) is 2.70. The standard InChI is InChI=1S/C7H3Br2NO2S.C3H8O/c8-5-6(12-2-1-11)4(3-10)13-7(5)9;1-3-4-2/h1H,2H2;3H2,1-2H3. The number of ether oxygens (including phenoxy) is 2. The van der Waals surface area contributed by atoms with E-state index in [1.807, 2.05) is 13.0 Å². The summed E-state index contributed by atoms with van der Waals surface area (Å²) in [6.07, 6.45) is 0.638. The number of hydrogen-bond acceptors (Lipinski definition) is 5. The third-order valence-corrected chi connectivity index (χ3v) is 4.75. The van der Waals surface area contributed by atoms with Gasteiger partial charge in [-0.1, -0.05) is 0 Å². The van der Waals surface area contributed by atoms with Gasteiger partial charge in [-0.25, -0.2) is 0 Å². The highest BCUT2D eigenvalue weighted by Crippen LogP contribution is 2.42. The summed E-state index contributed by atoms with van der Waals surface area (Å²) in [5.41, 5.74) is 0. The Morgan fingerprint density at radius 3 is 2.53 bits per heavy atom. The molecule has 4 nitrogen and oxygen atoms in total. The molecule has 0 aliphatic heterocycles. The maximum atomic E-state index is 10.1. The first-order valence-electron chi connectivity index (χ1n) is 4.55. The molecule has 0 N–H and O–H groups in total. The molecule has 7 heteroatoms. The van der Waals surface area contributed by atoms with Gasteiger partial charge < -0.3 is 9.47 Å². The van der Waals surface area contributed by atoms with Crippen molar-refractivity contribution < 1.29 is 14.3 Å². The maximum Gasteiger partial charge on any atom is 0.164 e. The van der Waals surface area contributed by atoms with Crippen molar-refractivity contribution in [2.24, 2.45) is 0 Å². The molecule has 17 heavy (non-hydrogen) atoms. The fourth-order valence-electron chi connectivity index (χ4n) is 0.690. The van der Waals surface area contributed by atoms with E-state index < -0.39 is 0 Å². The lowest BCUT2D eigenvalue weighted by Crippen LogP contribution is -1.98. The van der Waals surface area contributed by atoms with Crippen LogP contribution in [-0.4, -0.2) is 26.6 Å². The van der Waals surface area contributed by atoms with E-state index in [2.05, 4.69) is 36.6 Å². The van der Waals surface area contributed by atoms with Gasteiger partial charge in [-0.2, -0.15) is 5.26 Å². The normalized spacial score (nSPS) is 8.88. The Balaban J connectivity index is 0.000000557. The summed E-state index contributed by atoms with van der Waals surface area (Å²) in [5, 5.41) is 8.71. The monoisotopic (exact) mass is 383 g/mol. The molecular formula is C10H11Br2NO3S. The van der Waals surface area contributed by atoms with Crippen LogP contribution < -0.4 is 4.74 Å². The highest BCUT2D eigenvalue weighted by molar-refractivity contribution is 9.13. The lowest BCUT2D eigenvalue weighted by molar-refractivity contribution is -0.109. The van der Waals surface area contributed by atoms with Gasteiger partial charge in [0.15, 0.2) is 12.0 Å². The number of thiophene rings is 1. The van der Waals surface area contributed by atoms with Crippen molar-refractivity contribution in [3.05, 3.63) is 13.1 Å². The molecule has 0 aromatic carbocycles. The number of rotatable bonds is 4. The van der Waals surface area contributed by atoms with Gasteiger partial charge in [0, 0.05) is 13.7 Å². The van der Waals surface area contributed by atoms with Gasteiger partial charge in [0.05, 0.1) is 8.26 Å². The molecule has 1 heterocycles. The molecule has 0 bridgehead atoms. The van der Waals surface area contributed by atoms with E-state index in [0.717, 1.165) is 10.4 Å². The Morgan fingerprint density at radius 2 is 2.12 bits per heavy atom. The van der Waals surface area contributed by atoms with Gasteiger partial charge in [0.1, 0.15) is 17.6 Å². The summed E-state index contributed by atoms with van der Waals surface area (Å²) in [6.45, 7) is 2.73. The minimum Gasteiger partial charge on any atom is -0.483 e. The van der Waals surface area contributed by atoms with Crippen molar-refractivity contribution in [1.82, 2.24) is 0 Å². The number of methoxy groups -OCH3 is 1. The van der Waals surface area contributed by atoms with Crippen LogP contribution in [0.2, 0.25) is 0 Å². The molecule has 0 atom stereocenters. The van der Waals surface area contributed by atoms with Crippen LogP contribution in [0.3, 0.4) is 0 Å². The summed E-state index contributed by atoms with van der Waals surface area (Å²) >= 11 is 7.75. The molecule has 94 valence electrons. The van der Waals surface area contributed by atoms with Crippen molar-refractivity contribution in [3.8, 4) is 11.8 Å². The first-order valence-corrected chi connectivity index (χ1v) is 6.95. The summed E-state index contributed by atoms with van der Waals surface area (Å²) in [5.74, 6) is 0.423. The van der Waals surface area contributed by atoms with Crippen molar-refractivity contribution in [1.29, 1.82) is 5.26 Å². The second kappa shape index (κ2) is 9.59. The highest BCUT2D eigenvalue weighted by Gasteiger charge is 2.15. The van der Waals surface area contributed by atoms with E-state index in [9.17, 15) is 4.79 Å². The van der Waals surface area contributed by atoms with E-state index in [0.29, 0.717) is 21.4 Å². The molecule has 1 rings (SSSR count). The summed E-state index contributed by atoms with van der Waals surface area (Å²) in [6, 6.07) is 1.98. The fraction of sp³-hybridized carbons (Fsp3) is 0.400. The van der Waals surface area contributed by atoms with Crippen LogP contribution in [0.25, 0.3) is 0 Å². The first kappa shape index (κ1) is 16.6. The van der Waals surface area contributed by atoms with Crippen LogP contribution >= 0.6 is 43.2 Å². The molecule has 1 aromatic rings. The second-order valence-corrected chi connectivity index (χ2v) is 5.65. The molecule has 0 spiro atoms. The molecule has 0 amide bonds. The van der Waals surface area contributed by atoms with Gasteiger partial charge in [-0.3, -0.25) is 4.79 Å². The molecule has 0 unspecified atom stereocenters. The van der Waals surface area contributed by atoms with Crippen LogP contribution in [0.4, 0.5) is 0 Å². The molecule has 0 radical (unpaired) electrons. The number of nitriles is 1. The van der Waals surface area contributed by atoms with E-state index >= 15 is 0 Å². The predicted molar refractivity (Wildman–Crippen MR) is 73.5 cm³/mol. The zero-order valence-electron chi connectivity index (χ0n) is 9.33. The van der Waals surface area contributed by atoms with Crippen LogP contribution in [0.15, 0.2) is 8.26 Å². The number of nitrogens with zero attached hydrogens (tertiary/aromatic N) is 1. The highest BCUT2D eigenvalue weighted by atomic mass is 79.9. The minimum absolute atomic E-state index is 0.0452.